The van der Waals surface area contributed by atoms with Gasteiger partial charge in [0.05, 0.1) is 0 Å². The zero-order valence-corrected chi connectivity index (χ0v) is 11.0. The molecule has 0 aromatic carbocycles. The van der Waals surface area contributed by atoms with Crippen molar-refractivity contribution >= 4 is 11.8 Å². The zero-order chi connectivity index (χ0) is 10.9. The Balaban J connectivity index is 2.64. The van der Waals surface area contributed by atoms with Gasteiger partial charge in [-0.05, 0) is 29.4 Å². The average molecular weight is 212 g/mol. The van der Waals surface area contributed by atoms with E-state index < -0.39 is 0 Å². The van der Waals surface area contributed by atoms with E-state index in [1.54, 1.807) is 0 Å². The lowest BCUT2D eigenvalue weighted by Crippen LogP contribution is -2.13. The molecule has 0 aromatic rings. The van der Waals surface area contributed by atoms with Crippen LogP contribution in [0.5, 0.6) is 0 Å². The summed E-state index contributed by atoms with van der Waals surface area (Å²) >= 11 is 2.10. The van der Waals surface area contributed by atoms with E-state index >= 15 is 0 Å². The van der Waals surface area contributed by atoms with Crippen LogP contribution in [-0.2, 0) is 0 Å². The molecule has 0 radical (unpaired) electrons. The third-order valence-electron chi connectivity index (χ3n) is 3.20. The highest BCUT2D eigenvalue weighted by atomic mass is 32.2. The molecule has 0 saturated heterocycles. The lowest BCUT2D eigenvalue weighted by molar-refractivity contribution is 0.355. The highest BCUT2D eigenvalue weighted by Gasteiger charge is 2.36. The van der Waals surface area contributed by atoms with Crippen molar-refractivity contribution < 1.29 is 0 Å². The Hall–Kier alpha value is 0.0900. The molecule has 0 heterocycles. The Morgan fingerprint density at radius 2 is 1.86 bits per heavy atom. The van der Waals surface area contributed by atoms with Crippen LogP contribution in [0.1, 0.15) is 41.0 Å². The van der Waals surface area contributed by atoms with Gasteiger partial charge in [0, 0.05) is 5.25 Å². The average Bonchev–Trinajstić information content (AvgIpc) is 2.25. The van der Waals surface area contributed by atoms with Gasteiger partial charge in [-0.1, -0.05) is 46.8 Å². The summed E-state index contributed by atoms with van der Waals surface area (Å²) in [6.07, 6.45) is 1.34. The summed E-state index contributed by atoms with van der Waals surface area (Å²) in [5, 5.41) is 1.45. The SMILES string of the molecule is C=C1C(SC(C)C)CC(C)C1C(C)C. The van der Waals surface area contributed by atoms with Crippen LogP contribution in [0.2, 0.25) is 0 Å². The predicted molar refractivity (Wildman–Crippen MR) is 67.8 cm³/mol. The third kappa shape index (κ3) is 2.56. The van der Waals surface area contributed by atoms with Crippen molar-refractivity contribution in [2.75, 3.05) is 0 Å². The predicted octanol–water partition coefficient (Wildman–Crippen LogP) is 4.36. The smallest absolute Gasteiger partial charge is 0.0262 e. The molecule has 0 bridgehead atoms. The fourth-order valence-electron chi connectivity index (χ4n) is 2.77. The highest BCUT2D eigenvalue weighted by molar-refractivity contribution is 8.00. The normalized spacial score (nSPS) is 33.4. The molecule has 82 valence electrons. The van der Waals surface area contributed by atoms with Crippen LogP contribution < -0.4 is 0 Å². The summed E-state index contributed by atoms with van der Waals surface area (Å²) in [7, 11) is 0. The fraction of sp³-hybridized carbons (Fsp3) is 0.846. The Bertz CT molecular complexity index is 205. The summed E-state index contributed by atoms with van der Waals surface area (Å²) in [5.41, 5.74) is 1.51. The summed E-state index contributed by atoms with van der Waals surface area (Å²) in [6.45, 7) is 15.9. The van der Waals surface area contributed by atoms with Crippen molar-refractivity contribution in [2.24, 2.45) is 17.8 Å². The van der Waals surface area contributed by atoms with Crippen molar-refractivity contribution in [2.45, 2.75) is 51.5 Å². The van der Waals surface area contributed by atoms with Gasteiger partial charge in [-0.15, -0.1) is 0 Å². The van der Waals surface area contributed by atoms with E-state index in [9.17, 15) is 0 Å². The topological polar surface area (TPSA) is 0 Å². The van der Waals surface area contributed by atoms with E-state index in [-0.39, 0.29) is 0 Å². The minimum atomic E-state index is 0.720. The Labute approximate surface area is 93.5 Å². The van der Waals surface area contributed by atoms with Crippen LogP contribution in [0.4, 0.5) is 0 Å². The van der Waals surface area contributed by atoms with Gasteiger partial charge in [0.1, 0.15) is 0 Å². The largest absolute Gasteiger partial charge is 0.151 e. The number of thioether (sulfide) groups is 1. The second-order valence-corrected chi connectivity index (χ2v) is 7.02. The molecule has 3 atom stereocenters. The molecule has 1 heteroatoms. The molecule has 0 aliphatic heterocycles. The molecule has 1 rings (SSSR count). The number of hydrogen-bond donors (Lipinski definition) is 0. The molecule has 1 aliphatic carbocycles. The van der Waals surface area contributed by atoms with Crippen LogP contribution in [0.15, 0.2) is 12.2 Å². The van der Waals surface area contributed by atoms with Gasteiger partial charge in [0.15, 0.2) is 0 Å². The van der Waals surface area contributed by atoms with Crippen LogP contribution in [0.3, 0.4) is 0 Å². The van der Waals surface area contributed by atoms with E-state index in [1.807, 2.05) is 0 Å². The molecular weight excluding hydrogens is 188 g/mol. The summed E-state index contributed by atoms with van der Waals surface area (Å²) in [5.74, 6) is 2.35. The number of rotatable bonds is 3. The maximum atomic E-state index is 4.32. The molecule has 0 spiro atoms. The summed E-state index contributed by atoms with van der Waals surface area (Å²) in [4.78, 5) is 0. The first-order valence-corrected chi connectivity index (χ1v) is 6.72. The maximum Gasteiger partial charge on any atom is 0.0262 e. The molecule has 0 N–H and O–H groups in total. The standard InChI is InChI=1S/C13H24S/c1-8(2)13-10(5)7-12(11(13)6)14-9(3)4/h8-10,12-13H,6-7H2,1-5H3. The van der Waals surface area contributed by atoms with Gasteiger partial charge in [-0.25, -0.2) is 0 Å². The number of hydrogen-bond acceptors (Lipinski definition) is 1. The first kappa shape index (κ1) is 12.2. The van der Waals surface area contributed by atoms with Gasteiger partial charge in [0.2, 0.25) is 0 Å². The van der Waals surface area contributed by atoms with Crippen molar-refractivity contribution in [3.63, 3.8) is 0 Å². The van der Waals surface area contributed by atoms with Gasteiger partial charge >= 0.3 is 0 Å². The van der Waals surface area contributed by atoms with Crippen LogP contribution in [0.25, 0.3) is 0 Å². The van der Waals surface area contributed by atoms with Gasteiger partial charge < -0.3 is 0 Å². The second-order valence-electron chi connectivity index (χ2n) is 5.23. The lowest BCUT2D eigenvalue weighted by atomic mass is 9.85. The molecule has 1 fully saturated rings. The molecule has 1 saturated carbocycles. The molecule has 0 nitrogen and oxygen atoms in total. The van der Waals surface area contributed by atoms with E-state index in [0.717, 1.165) is 28.3 Å². The molecule has 3 unspecified atom stereocenters. The summed E-state index contributed by atoms with van der Waals surface area (Å²) in [6, 6.07) is 0. The second kappa shape index (κ2) is 4.74. The molecule has 0 aromatic heterocycles. The van der Waals surface area contributed by atoms with E-state index in [1.165, 1.54) is 12.0 Å². The molecule has 0 amide bonds. The Morgan fingerprint density at radius 1 is 1.29 bits per heavy atom. The minimum Gasteiger partial charge on any atom is -0.151 e. The molecule has 1 aliphatic rings. The van der Waals surface area contributed by atoms with Gasteiger partial charge in [-0.2, -0.15) is 11.8 Å². The molecular formula is C13H24S. The van der Waals surface area contributed by atoms with Gasteiger partial charge in [-0.3, -0.25) is 0 Å². The minimum absolute atomic E-state index is 0.720. The van der Waals surface area contributed by atoms with Crippen molar-refractivity contribution in [1.29, 1.82) is 0 Å². The van der Waals surface area contributed by atoms with Crippen molar-refractivity contribution in [1.82, 2.24) is 0 Å². The fourth-order valence-corrected chi connectivity index (χ4v) is 4.18. The quantitative estimate of drug-likeness (QED) is 0.626. The van der Waals surface area contributed by atoms with Crippen molar-refractivity contribution in [3.8, 4) is 0 Å². The van der Waals surface area contributed by atoms with E-state index in [0.29, 0.717) is 0 Å². The maximum absolute atomic E-state index is 4.32. The monoisotopic (exact) mass is 212 g/mol. The van der Waals surface area contributed by atoms with Gasteiger partial charge in [0.25, 0.3) is 0 Å². The van der Waals surface area contributed by atoms with E-state index in [4.69, 9.17) is 0 Å². The van der Waals surface area contributed by atoms with Crippen molar-refractivity contribution in [3.05, 3.63) is 12.2 Å². The molecule has 14 heavy (non-hydrogen) atoms. The highest BCUT2D eigenvalue weighted by Crippen LogP contribution is 2.46. The van der Waals surface area contributed by atoms with Crippen LogP contribution in [-0.4, -0.2) is 10.5 Å². The van der Waals surface area contributed by atoms with E-state index in [2.05, 4.69) is 53.0 Å². The Morgan fingerprint density at radius 3 is 2.21 bits per heavy atom. The Kier molecular flexibility index (Phi) is 4.12. The first-order chi connectivity index (χ1) is 6.43. The first-order valence-electron chi connectivity index (χ1n) is 5.77. The third-order valence-corrected chi connectivity index (χ3v) is 4.56. The van der Waals surface area contributed by atoms with Crippen LogP contribution in [0, 0.1) is 17.8 Å². The zero-order valence-electron chi connectivity index (χ0n) is 10.2. The lowest BCUT2D eigenvalue weighted by Gasteiger charge is -2.21. The van der Waals surface area contributed by atoms with Crippen LogP contribution >= 0.6 is 11.8 Å². The summed E-state index contributed by atoms with van der Waals surface area (Å²) < 4.78 is 0.